The highest BCUT2D eigenvalue weighted by molar-refractivity contribution is 9.10. The highest BCUT2D eigenvalue weighted by atomic mass is 79.9. The van der Waals surface area contributed by atoms with Crippen molar-refractivity contribution in [3.8, 4) is 11.4 Å². The molecule has 0 N–H and O–H groups in total. The summed E-state index contributed by atoms with van der Waals surface area (Å²) in [6, 6.07) is 5.00. The fourth-order valence-corrected chi connectivity index (χ4v) is 2.22. The molecule has 0 atom stereocenters. The van der Waals surface area contributed by atoms with Crippen molar-refractivity contribution >= 4 is 15.9 Å². The van der Waals surface area contributed by atoms with Crippen LogP contribution < -0.4 is 0 Å². The van der Waals surface area contributed by atoms with Gasteiger partial charge in [-0.2, -0.15) is 13.2 Å². The molecule has 6 heteroatoms. The Bertz CT molecular complexity index is 543. The molecule has 1 heterocycles. The van der Waals surface area contributed by atoms with Crippen LogP contribution in [0.15, 0.2) is 35.1 Å². The van der Waals surface area contributed by atoms with E-state index < -0.39 is 11.7 Å². The largest absolute Gasteiger partial charge is 0.416 e. The lowest BCUT2D eigenvalue weighted by molar-refractivity contribution is -0.137. The van der Waals surface area contributed by atoms with Gasteiger partial charge >= 0.3 is 6.18 Å². The first kappa shape index (κ1) is 13.1. The molecule has 0 radical (unpaired) electrons. The van der Waals surface area contributed by atoms with Crippen molar-refractivity contribution in [2.75, 3.05) is 0 Å². The van der Waals surface area contributed by atoms with Gasteiger partial charge in [0.05, 0.1) is 11.8 Å². The van der Waals surface area contributed by atoms with E-state index in [2.05, 4.69) is 20.9 Å². The van der Waals surface area contributed by atoms with Crippen molar-refractivity contribution in [3.05, 3.63) is 40.6 Å². The van der Waals surface area contributed by atoms with Crippen LogP contribution in [-0.4, -0.2) is 9.55 Å². The minimum Gasteiger partial charge on any atom is -0.319 e. The molecule has 2 nitrogen and oxygen atoms in total. The zero-order valence-electron chi connectivity index (χ0n) is 9.50. The average molecular weight is 319 g/mol. The summed E-state index contributed by atoms with van der Waals surface area (Å²) in [6.07, 6.45) is -2.67. The Kier molecular flexibility index (Phi) is 3.47. The molecule has 2 rings (SSSR count). The summed E-state index contributed by atoms with van der Waals surface area (Å²) >= 11 is 3.34. The van der Waals surface area contributed by atoms with Crippen molar-refractivity contribution < 1.29 is 13.2 Å². The number of aromatic nitrogens is 2. The first-order valence-electron chi connectivity index (χ1n) is 5.32. The van der Waals surface area contributed by atoms with Crippen LogP contribution in [0.25, 0.3) is 11.4 Å². The lowest BCUT2D eigenvalue weighted by Gasteiger charge is -2.09. The van der Waals surface area contributed by atoms with E-state index in [-0.39, 0.29) is 0 Å². The maximum Gasteiger partial charge on any atom is 0.416 e. The zero-order valence-corrected chi connectivity index (χ0v) is 11.1. The summed E-state index contributed by atoms with van der Waals surface area (Å²) in [6.45, 7) is 2.64. The van der Waals surface area contributed by atoms with Crippen LogP contribution in [-0.2, 0) is 12.7 Å². The van der Waals surface area contributed by atoms with Gasteiger partial charge in [-0.3, -0.25) is 0 Å². The molecular weight excluding hydrogens is 309 g/mol. The Labute approximate surface area is 111 Å². The Balaban J connectivity index is 2.40. The summed E-state index contributed by atoms with van der Waals surface area (Å²) in [4.78, 5) is 4.18. The maximum atomic E-state index is 12.4. The number of halogens is 4. The van der Waals surface area contributed by atoms with Gasteiger partial charge in [0.1, 0.15) is 10.4 Å². The van der Waals surface area contributed by atoms with Crippen molar-refractivity contribution in [1.82, 2.24) is 9.55 Å². The number of hydrogen-bond acceptors (Lipinski definition) is 1. The predicted octanol–water partition coefficient (Wildman–Crippen LogP) is 4.35. The highest BCUT2D eigenvalue weighted by Gasteiger charge is 2.30. The van der Waals surface area contributed by atoms with E-state index in [1.54, 1.807) is 6.20 Å². The van der Waals surface area contributed by atoms with Gasteiger partial charge in [-0.05, 0) is 35.0 Å². The average Bonchev–Trinajstić information content (AvgIpc) is 2.69. The molecule has 0 fully saturated rings. The number of imidazole rings is 1. The second kappa shape index (κ2) is 4.76. The second-order valence-corrected chi connectivity index (χ2v) is 4.54. The molecule has 1 aromatic carbocycles. The molecule has 0 amide bonds. The van der Waals surface area contributed by atoms with Crippen LogP contribution in [0, 0.1) is 0 Å². The Morgan fingerprint density at radius 3 is 2.33 bits per heavy atom. The molecular formula is C12H10BrF3N2. The monoisotopic (exact) mass is 318 g/mol. The van der Waals surface area contributed by atoms with E-state index in [0.717, 1.165) is 16.7 Å². The van der Waals surface area contributed by atoms with Crippen LogP contribution in [0.5, 0.6) is 0 Å². The number of nitrogens with zero attached hydrogens (tertiary/aromatic N) is 2. The third kappa shape index (κ3) is 2.43. The van der Waals surface area contributed by atoms with E-state index in [4.69, 9.17) is 0 Å². The van der Waals surface area contributed by atoms with Gasteiger partial charge in [0.25, 0.3) is 0 Å². The summed E-state index contributed by atoms with van der Waals surface area (Å²) in [5.41, 5.74) is 0.00969. The quantitative estimate of drug-likeness (QED) is 0.804. The summed E-state index contributed by atoms with van der Waals surface area (Å²) < 4.78 is 40.0. The normalized spacial score (nSPS) is 11.8. The van der Waals surface area contributed by atoms with E-state index in [1.165, 1.54) is 12.1 Å². The molecule has 2 aromatic rings. The third-order valence-corrected chi connectivity index (χ3v) is 3.23. The Morgan fingerprint density at radius 1 is 1.22 bits per heavy atom. The van der Waals surface area contributed by atoms with Gasteiger partial charge in [-0.15, -0.1) is 0 Å². The zero-order chi connectivity index (χ0) is 13.3. The van der Waals surface area contributed by atoms with E-state index in [0.29, 0.717) is 17.9 Å². The molecule has 1 aromatic heterocycles. The maximum absolute atomic E-state index is 12.4. The molecule has 96 valence electrons. The van der Waals surface area contributed by atoms with Crippen molar-refractivity contribution in [2.45, 2.75) is 19.6 Å². The van der Waals surface area contributed by atoms with Crippen molar-refractivity contribution in [3.63, 3.8) is 0 Å². The fraction of sp³-hybridized carbons (Fsp3) is 0.250. The van der Waals surface area contributed by atoms with Gasteiger partial charge in [0.2, 0.25) is 0 Å². The van der Waals surface area contributed by atoms with Crippen LogP contribution in [0.2, 0.25) is 0 Å². The standard InChI is InChI=1S/C12H10BrF3N2/c1-2-18-10(13)7-17-11(18)8-3-5-9(6-4-8)12(14,15)16/h3-7H,2H2,1H3. The first-order chi connectivity index (χ1) is 8.43. The van der Waals surface area contributed by atoms with Crippen LogP contribution in [0.4, 0.5) is 13.2 Å². The van der Waals surface area contributed by atoms with Gasteiger partial charge in [-0.1, -0.05) is 12.1 Å². The van der Waals surface area contributed by atoms with Crippen LogP contribution >= 0.6 is 15.9 Å². The molecule has 0 aliphatic carbocycles. The number of benzene rings is 1. The number of hydrogen-bond donors (Lipinski definition) is 0. The Morgan fingerprint density at radius 2 is 1.83 bits per heavy atom. The lowest BCUT2D eigenvalue weighted by Crippen LogP contribution is -2.04. The predicted molar refractivity (Wildman–Crippen MR) is 66.0 cm³/mol. The molecule has 0 aliphatic heterocycles. The van der Waals surface area contributed by atoms with Gasteiger partial charge in [-0.25, -0.2) is 4.98 Å². The third-order valence-electron chi connectivity index (χ3n) is 2.59. The highest BCUT2D eigenvalue weighted by Crippen LogP contribution is 2.31. The van der Waals surface area contributed by atoms with E-state index >= 15 is 0 Å². The molecule has 0 bridgehead atoms. The molecule has 0 saturated heterocycles. The number of alkyl halides is 3. The smallest absolute Gasteiger partial charge is 0.319 e. The van der Waals surface area contributed by atoms with Gasteiger partial charge in [0.15, 0.2) is 0 Å². The molecule has 0 aliphatic rings. The molecule has 0 unspecified atom stereocenters. The summed E-state index contributed by atoms with van der Waals surface area (Å²) in [5, 5.41) is 0. The SMILES string of the molecule is CCn1c(Br)cnc1-c1ccc(C(F)(F)F)cc1. The minimum atomic E-state index is -4.31. The lowest BCUT2D eigenvalue weighted by atomic mass is 10.1. The van der Waals surface area contributed by atoms with Gasteiger partial charge in [0, 0.05) is 12.1 Å². The van der Waals surface area contributed by atoms with Crippen LogP contribution in [0.3, 0.4) is 0 Å². The summed E-state index contributed by atoms with van der Waals surface area (Å²) in [5.74, 6) is 0.651. The van der Waals surface area contributed by atoms with E-state index in [1.807, 2.05) is 11.5 Å². The fourth-order valence-electron chi connectivity index (χ4n) is 1.69. The topological polar surface area (TPSA) is 17.8 Å². The van der Waals surface area contributed by atoms with Crippen molar-refractivity contribution in [2.24, 2.45) is 0 Å². The van der Waals surface area contributed by atoms with Gasteiger partial charge < -0.3 is 4.57 Å². The molecule has 0 spiro atoms. The van der Waals surface area contributed by atoms with Crippen LogP contribution in [0.1, 0.15) is 12.5 Å². The second-order valence-electron chi connectivity index (χ2n) is 3.72. The first-order valence-corrected chi connectivity index (χ1v) is 6.11. The summed E-state index contributed by atoms with van der Waals surface area (Å²) in [7, 11) is 0. The van der Waals surface area contributed by atoms with Crippen molar-refractivity contribution in [1.29, 1.82) is 0 Å². The van der Waals surface area contributed by atoms with E-state index in [9.17, 15) is 13.2 Å². The molecule has 18 heavy (non-hydrogen) atoms. The Hall–Kier alpha value is -1.30. The minimum absolute atomic E-state index is 0.651. The molecule has 0 saturated carbocycles. The number of rotatable bonds is 2.